The summed E-state index contributed by atoms with van der Waals surface area (Å²) in [6.07, 6.45) is 6.02. The van der Waals surface area contributed by atoms with Crippen molar-refractivity contribution in [2.45, 2.75) is 52.0 Å². The molecule has 0 saturated heterocycles. The van der Waals surface area contributed by atoms with Crippen LogP contribution in [0.5, 0.6) is 0 Å². The lowest BCUT2D eigenvalue weighted by molar-refractivity contribution is 0.0989. The molecule has 1 saturated carbocycles. The van der Waals surface area contributed by atoms with E-state index < -0.39 is 0 Å². The van der Waals surface area contributed by atoms with Crippen molar-refractivity contribution < 1.29 is 4.79 Å². The monoisotopic (exact) mass is 417 g/mol. The number of nitrogens with zero attached hydrogens (tertiary/aromatic N) is 2. The van der Waals surface area contributed by atoms with E-state index in [0.717, 1.165) is 46.2 Å². The average molecular weight is 418 g/mol. The molecule has 2 aliphatic rings. The molecule has 1 amide bonds. The van der Waals surface area contributed by atoms with Crippen LogP contribution >= 0.6 is 11.3 Å². The van der Waals surface area contributed by atoms with Gasteiger partial charge in [0.2, 0.25) is 0 Å². The van der Waals surface area contributed by atoms with Gasteiger partial charge in [0.15, 0.2) is 5.13 Å². The van der Waals surface area contributed by atoms with Crippen LogP contribution in [-0.4, -0.2) is 23.5 Å². The first kappa shape index (κ1) is 19.3. The van der Waals surface area contributed by atoms with Crippen molar-refractivity contribution in [2.24, 2.45) is 0 Å². The topological polar surface area (TPSA) is 45.2 Å². The van der Waals surface area contributed by atoms with Crippen LogP contribution in [0, 0.1) is 13.8 Å². The summed E-state index contributed by atoms with van der Waals surface area (Å²) in [6.45, 7) is 4.88. The molecule has 5 rings (SSSR count). The quantitative estimate of drug-likeness (QED) is 0.567. The first-order valence-electron chi connectivity index (χ1n) is 10.8. The summed E-state index contributed by atoms with van der Waals surface area (Å²) in [5.74, 6) is 0.0903. The number of aromatic nitrogens is 1. The number of anilines is 2. The van der Waals surface area contributed by atoms with E-state index in [-0.39, 0.29) is 5.91 Å². The van der Waals surface area contributed by atoms with Gasteiger partial charge in [-0.05, 0) is 62.4 Å². The minimum atomic E-state index is 0.0903. The first-order valence-corrected chi connectivity index (χ1v) is 11.7. The molecule has 1 aromatic heterocycles. The molecule has 3 aromatic rings. The molecule has 1 aliphatic carbocycles. The summed E-state index contributed by atoms with van der Waals surface area (Å²) < 4.78 is 0. The number of hydrogen-bond donors (Lipinski definition) is 1. The van der Waals surface area contributed by atoms with E-state index in [9.17, 15) is 4.79 Å². The van der Waals surface area contributed by atoms with Gasteiger partial charge >= 0.3 is 0 Å². The van der Waals surface area contributed by atoms with Crippen molar-refractivity contribution in [3.63, 3.8) is 0 Å². The van der Waals surface area contributed by atoms with Gasteiger partial charge in [0.25, 0.3) is 5.91 Å². The Morgan fingerprint density at radius 2 is 1.93 bits per heavy atom. The fourth-order valence-corrected chi connectivity index (χ4v) is 5.60. The van der Waals surface area contributed by atoms with Crippen molar-refractivity contribution >= 4 is 28.1 Å². The number of benzene rings is 2. The largest absolute Gasteiger partial charge is 0.359 e. The third-order valence-electron chi connectivity index (χ3n) is 6.35. The Bertz CT molecular complexity index is 1100. The lowest BCUT2D eigenvalue weighted by Crippen LogP contribution is -2.29. The molecule has 30 heavy (non-hydrogen) atoms. The second-order valence-electron chi connectivity index (χ2n) is 8.41. The number of carbonyl (C=O) groups is 1. The number of fused-ring (bicyclic) bond motifs is 1. The van der Waals surface area contributed by atoms with Gasteiger partial charge in [-0.2, -0.15) is 0 Å². The SMILES string of the molecule is Cc1ccccc1C(=O)N1CCc2cc(-c3nc(NC4CCCC4)sc3C)ccc21. The van der Waals surface area contributed by atoms with Crippen molar-refractivity contribution in [3.05, 3.63) is 64.0 Å². The maximum Gasteiger partial charge on any atom is 0.258 e. The third kappa shape index (κ3) is 3.52. The van der Waals surface area contributed by atoms with Gasteiger partial charge in [-0.15, -0.1) is 11.3 Å². The van der Waals surface area contributed by atoms with Gasteiger partial charge in [0.05, 0.1) is 5.69 Å². The van der Waals surface area contributed by atoms with Gasteiger partial charge < -0.3 is 10.2 Å². The van der Waals surface area contributed by atoms with Crippen molar-refractivity contribution in [3.8, 4) is 11.3 Å². The Morgan fingerprint density at radius 3 is 2.73 bits per heavy atom. The van der Waals surface area contributed by atoms with E-state index in [2.05, 4.69) is 30.4 Å². The summed E-state index contributed by atoms with van der Waals surface area (Å²) in [4.78, 5) is 21.2. The lowest BCUT2D eigenvalue weighted by atomic mass is 10.0. The molecule has 1 aliphatic heterocycles. The molecule has 2 aromatic carbocycles. The summed E-state index contributed by atoms with van der Waals surface area (Å²) in [5, 5.41) is 4.66. The molecule has 154 valence electrons. The van der Waals surface area contributed by atoms with E-state index >= 15 is 0 Å². The fourth-order valence-electron chi connectivity index (χ4n) is 4.69. The van der Waals surface area contributed by atoms with Crippen molar-refractivity contribution in [1.82, 2.24) is 4.98 Å². The number of thiazole rings is 1. The molecule has 0 bridgehead atoms. The van der Waals surface area contributed by atoms with Crippen LogP contribution in [0.1, 0.15) is 52.0 Å². The molecule has 4 nitrogen and oxygen atoms in total. The molecule has 0 atom stereocenters. The highest BCUT2D eigenvalue weighted by atomic mass is 32.1. The van der Waals surface area contributed by atoms with E-state index in [0.29, 0.717) is 6.04 Å². The molecular formula is C25H27N3OS. The van der Waals surface area contributed by atoms with Gasteiger partial charge in [0.1, 0.15) is 0 Å². The zero-order valence-corrected chi connectivity index (χ0v) is 18.4. The number of carbonyl (C=O) groups excluding carboxylic acids is 1. The molecule has 0 radical (unpaired) electrons. The molecule has 0 spiro atoms. The Balaban J connectivity index is 1.40. The molecular weight excluding hydrogens is 390 g/mol. The second kappa shape index (κ2) is 7.88. The average Bonchev–Trinajstić information content (AvgIpc) is 3.48. The zero-order valence-electron chi connectivity index (χ0n) is 17.6. The molecule has 1 fully saturated rings. The van der Waals surface area contributed by atoms with Crippen LogP contribution in [0.4, 0.5) is 10.8 Å². The smallest absolute Gasteiger partial charge is 0.258 e. The van der Waals surface area contributed by atoms with E-state index in [1.54, 1.807) is 11.3 Å². The van der Waals surface area contributed by atoms with Gasteiger partial charge in [0, 0.05) is 34.3 Å². The van der Waals surface area contributed by atoms with Crippen LogP contribution in [0.3, 0.4) is 0 Å². The Kier molecular flexibility index (Phi) is 5.07. The lowest BCUT2D eigenvalue weighted by Gasteiger charge is -2.18. The highest BCUT2D eigenvalue weighted by Crippen LogP contribution is 2.37. The Morgan fingerprint density at radius 1 is 1.13 bits per heavy atom. The first-order chi connectivity index (χ1) is 14.6. The standard InChI is InChI=1S/C25H27N3OS/c1-16-7-3-6-10-21(16)24(29)28-14-13-18-15-19(11-12-22(18)28)23-17(2)30-25(27-23)26-20-8-4-5-9-20/h3,6-7,10-12,15,20H,4-5,8-9,13-14H2,1-2H3,(H,26,27). The molecule has 5 heteroatoms. The normalized spacial score (nSPS) is 16.1. The van der Waals surface area contributed by atoms with Crippen LogP contribution < -0.4 is 10.2 Å². The van der Waals surface area contributed by atoms with Crippen LogP contribution in [-0.2, 0) is 6.42 Å². The van der Waals surface area contributed by atoms with E-state index in [1.165, 1.54) is 36.1 Å². The number of hydrogen-bond acceptors (Lipinski definition) is 4. The molecule has 2 heterocycles. The van der Waals surface area contributed by atoms with Gasteiger partial charge in [-0.3, -0.25) is 4.79 Å². The number of nitrogens with one attached hydrogen (secondary N) is 1. The van der Waals surface area contributed by atoms with Crippen molar-refractivity contribution in [2.75, 3.05) is 16.8 Å². The Hall–Kier alpha value is -2.66. The third-order valence-corrected chi connectivity index (χ3v) is 7.25. The predicted molar refractivity (Wildman–Crippen MR) is 125 cm³/mol. The van der Waals surface area contributed by atoms with E-state index in [1.807, 2.05) is 36.1 Å². The summed E-state index contributed by atoms with van der Waals surface area (Å²) in [5.41, 5.74) is 6.27. The Labute approximate surface area is 182 Å². The van der Waals surface area contributed by atoms with Crippen LogP contribution in [0.2, 0.25) is 0 Å². The van der Waals surface area contributed by atoms with Gasteiger partial charge in [-0.25, -0.2) is 4.98 Å². The highest BCUT2D eigenvalue weighted by molar-refractivity contribution is 7.16. The summed E-state index contributed by atoms with van der Waals surface area (Å²) in [6, 6.07) is 14.8. The number of amides is 1. The van der Waals surface area contributed by atoms with Crippen LogP contribution in [0.15, 0.2) is 42.5 Å². The van der Waals surface area contributed by atoms with Crippen molar-refractivity contribution in [1.29, 1.82) is 0 Å². The minimum absolute atomic E-state index is 0.0903. The fraction of sp³-hybridized carbons (Fsp3) is 0.360. The highest BCUT2D eigenvalue weighted by Gasteiger charge is 2.27. The van der Waals surface area contributed by atoms with Crippen LogP contribution in [0.25, 0.3) is 11.3 Å². The molecule has 0 unspecified atom stereocenters. The van der Waals surface area contributed by atoms with Gasteiger partial charge in [-0.1, -0.05) is 37.1 Å². The van der Waals surface area contributed by atoms with E-state index in [4.69, 9.17) is 4.98 Å². The second-order valence-corrected chi connectivity index (χ2v) is 9.62. The molecule has 1 N–H and O–H groups in total. The zero-order chi connectivity index (χ0) is 20.7. The number of rotatable bonds is 4. The predicted octanol–water partition coefficient (Wildman–Crippen LogP) is 5.98. The maximum atomic E-state index is 13.1. The minimum Gasteiger partial charge on any atom is -0.359 e. The summed E-state index contributed by atoms with van der Waals surface area (Å²) in [7, 11) is 0. The summed E-state index contributed by atoms with van der Waals surface area (Å²) >= 11 is 1.75. The number of aryl methyl sites for hydroxylation is 2. The maximum absolute atomic E-state index is 13.1.